The fourth-order valence-electron chi connectivity index (χ4n) is 2.51. The van der Waals surface area contributed by atoms with Gasteiger partial charge in [0, 0.05) is 12.8 Å². The van der Waals surface area contributed by atoms with Gasteiger partial charge in [0.25, 0.3) is 0 Å². The highest BCUT2D eigenvalue weighted by Gasteiger charge is 2.10. The highest BCUT2D eigenvalue weighted by atomic mass is 35.5. The molecule has 0 saturated carbocycles. The summed E-state index contributed by atoms with van der Waals surface area (Å²) in [4.78, 5) is 0. The van der Waals surface area contributed by atoms with Gasteiger partial charge < -0.3 is 42.5 Å². The fraction of sp³-hybridized carbons (Fsp3) is 0.333. The van der Waals surface area contributed by atoms with Gasteiger partial charge >= 0.3 is 0 Å². The Kier molecular flexibility index (Phi) is 8.18. The minimum absolute atomic E-state index is 0. The highest BCUT2D eigenvalue weighted by Crippen LogP contribution is 2.36. The van der Waals surface area contributed by atoms with Gasteiger partial charge in [-0.3, -0.25) is 0 Å². The van der Waals surface area contributed by atoms with E-state index in [1.807, 2.05) is 12.1 Å². The maximum absolute atomic E-state index is 9.66. The normalized spacial score (nSPS) is 10.2. The van der Waals surface area contributed by atoms with Crippen LogP contribution in [-0.2, 0) is 12.8 Å². The van der Waals surface area contributed by atoms with E-state index in [9.17, 15) is 15.3 Å². The lowest BCUT2D eigenvalue weighted by molar-refractivity contribution is -0.653. The molecular weight excluding hydrogens is 346 g/mol. The second kappa shape index (κ2) is 9.86. The minimum Gasteiger partial charge on any atom is -1.00 e. The molecule has 0 saturated heterocycles. The van der Waals surface area contributed by atoms with Crippen molar-refractivity contribution in [2.24, 2.45) is 0 Å². The number of halogens is 1. The average molecular weight is 370 g/mol. The third-order valence-electron chi connectivity index (χ3n) is 3.85. The van der Waals surface area contributed by atoms with Crippen molar-refractivity contribution in [2.75, 3.05) is 27.3 Å². The molecule has 0 aliphatic rings. The van der Waals surface area contributed by atoms with E-state index in [1.54, 1.807) is 18.2 Å². The lowest BCUT2D eigenvalue weighted by atomic mass is 10.1. The summed E-state index contributed by atoms with van der Waals surface area (Å²) in [7, 11) is 2.99. The Bertz CT molecular complexity index is 693. The molecule has 5 N–H and O–H groups in total. The van der Waals surface area contributed by atoms with Crippen LogP contribution >= 0.6 is 0 Å². The van der Waals surface area contributed by atoms with Crippen molar-refractivity contribution in [3.63, 3.8) is 0 Å². The molecule has 0 spiro atoms. The molecule has 0 aliphatic heterocycles. The van der Waals surface area contributed by atoms with Gasteiger partial charge in [0.15, 0.2) is 23.0 Å². The molecule has 2 aromatic rings. The molecule has 0 aliphatic carbocycles. The third kappa shape index (κ3) is 5.62. The molecule has 2 rings (SSSR count). The van der Waals surface area contributed by atoms with Crippen LogP contribution in [0.5, 0.6) is 28.7 Å². The largest absolute Gasteiger partial charge is 1.00 e. The number of benzene rings is 2. The summed E-state index contributed by atoms with van der Waals surface area (Å²) >= 11 is 0. The number of hydrogen-bond donors (Lipinski definition) is 4. The lowest BCUT2D eigenvalue weighted by Gasteiger charge is -2.09. The molecule has 0 atom stereocenters. The van der Waals surface area contributed by atoms with Crippen LogP contribution in [-0.4, -0.2) is 42.6 Å². The van der Waals surface area contributed by atoms with Crippen LogP contribution in [0.25, 0.3) is 0 Å². The smallest absolute Gasteiger partial charge is 0.200 e. The lowest BCUT2D eigenvalue weighted by Crippen LogP contribution is -3.00. The van der Waals surface area contributed by atoms with Gasteiger partial charge in [-0.2, -0.15) is 0 Å². The number of ether oxygens (including phenoxy) is 2. The minimum atomic E-state index is -0.230. The molecule has 0 amide bonds. The Morgan fingerprint density at radius 3 is 2.04 bits per heavy atom. The van der Waals surface area contributed by atoms with Crippen molar-refractivity contribution in [3.05, 3.63) is 41.5 Å². The van der Waals surface area contributed by atoms with E-state index in [2.05, 4.69) is 5.32 Å². The topological polar surface area (TPSA) is 95.8 Å². The van der Waals surface area contributed by atoms with E-state index < -0.39 is 0 Å². The number of phenolic OH excluding ortho intramolecular Hbond substituents is 3. The monoisotopic (exact) mass is 369 g/mol. The van der Waals surface area contributed by atoms with Crippen molar-refractivity contribution in [1.82, 2.24) is 0 Å². The SMILES string of the molecule is COc1cc(CC[NH2+]CCc2cc(O)c(O)c(OC)c2)ccc1O.[Cl-]. The molecule has 0 fully saturated rings. The summed E-state index contributed by atoms with van der Waals surface area (Å²) in [6, 6.07) is 8.64. The van der Waals surface area contributed by atoms with Gasteiger partial charge in [-0.25, -0.2) is 0 Å². The molecule has 0 radical (unpaired) electrons. The maximum atomic E-state index is 9.66. The molecular formula is C18H24ClNO5. The number of nitrogens with two attached hydrogens (primary N) is 1. The van der Waals surface area contributed by atoms with Crippen molar-refractivity contribution in [1.29, 1.82) is 0 Å². The van der Waals surface area contributed by atoms with Crippen molar-refractivity contribution in [3.8, 4) is 28.7 Å². The second-order valence-corrected chi connectivity index (χ2v) is 5.54. The first-order chi connectivity index (χ1) is 11.5. The summed E-state index contributed by atoms with van der Waals surface area (Å²) < 4.78 is 10.1. The molecule has 138 valence electrons. The van der Waals surface area contributed by atoms with E-state index in [0.717, 1.165) is 37.1 Å². The van der Waals surface area contributed by atoms with Crippen LogP contribution in [0.2, 0.25) is 0 Å². The maximum Gasteiger partial charge on any atom is 0.200 e. The zero-order chi connectivity index (χ0) is 17.5. The molecule has 0 unspecified atom stereocenters. The Morgan fingerprint density at radius 2 is 1.40 bits per heavy atom. The van der Waals surface area contributed by atoms with Crippen LogP contribution in [0.1, 0.15) is 11.1 Å². The quantitative estimate of drug-likeness (QED) is 0.324. The first-order valence-electron chi connectivity index (χ1n) is 7.81. The number of methoxy groups -OCH3 is 2. The van der Waals surface area contributed by atoms with Gasteiger partial charge in [0.05, 0.1) is 27.3 Å². The number of phenols is 3. The summed E-state index contributed by atoms with van der Waals surface area (Å²) in [6.45, 7) is 1.75. The average Bonchev–Trinajstić information content (AvgIpc) is 2.58. The second-order valence-electron chi connectivity index (χ2n) is 5.54. The van der Waals surface area contributed by atoms with Crippen molar-refractivity contribution < 1.29 is 42.5 Å². The summed E-state index contributed by atoms with van der Waals surface area (Å²) in [5, 5.41) is 31.0. The van der Waals surface area contributed by atoms with Crippen molar-refractivity contribution in [2.45, 2.75) is 12.8 Å². The van der Waals surface area contributed by atoms with E-state index in [-0.39, 0.29) is 35.4 Å². The van der Waals surface area contributed by atoms with Gasteiger partial charge in [0.2, 0.25) is 5.75 Å². The van der Waals surface area contributed by atoms with Crippen LogP contribution in [0.4, 0.5) is 0 Å². The summed E-state index contributed by atoms with van der Waals surface area (Å²) in [5.74, 6) is 0.513. The molecule has 25 heavy (non-hydrogen) atoms. The van der Waals surface area contributed by atoms with E-state index in [0.29, 0.717) is 5.75 Å². The van der Waals surface area contributed by atoms with Gasteiger partial charge in [-0.15, -0.1) is 0 Å². The van der Waals surface area contributed by atoms with Crippen LogP contribution in [0.3, 0.4) is 0 Å². The summed E-state index contributed by atoms with van der Waals surface area (Å²) in [5.41, 5.74) is 2.01. The zero-order valence-corrected chi connectivity index (χ0v) is 15.1. The van der Waals surface area contributed by atoms with Gasteiger partial charge in [-0.05, 0) is 35.4 Å². The molecule has 7 heteroatoms. The number of rotatable bonds is 8. The fourth-order valence-corrected chi connectivity index (χ4v) is 2.51. The number of aromatic hydroxyl groups is 3. The predicted molar refractivity (Wildman–Crippen MR) is 90.0 cm³/mol. The van der Waals surface area contributed by atoms with E-state index >= 15 is 0 Å². The Morgan fingerprint density at radius 1 is 0.800 bits per heavy atom. The third-order valence-corrected chi connectivity index (χ3v) is 3.85. The van der Waals surface area contributed by atoms with Crippen LogP contribution < -0.4 is 27.2 Å². The number of quaternary nitrogens is 1. The Labute approximate surface area is 153 Å². The Hall–Kier alpha value is -2.31. The first kappa shape index (κ1) is 20.7. The zero-order valence-electron chi connectivity index (χ0n) is 14.3. The van der Waals surface area contributed by atoms with Gasteiger partial charge in [-0.1, -0.05) is 6.07 Å². The van der Waals surface area contributed by atoms with Crippen LogP contribution in [0, 0.1) is 0 Å². The van der Waals surface area contributed by atoms with Crippen molar-refractivity contribution >= 4 is 0 Å². The predicted octanol–water partition coefficient (Wildman–Crippen LogP) is -1.83. The molecule has 2 aromatic carbocycles. The van der Waals surface area contributed by atoms with E-state index in [1.165, 1.54) is 14.2 Å². The van der Waals surface area contributed by atoms with Crippen LogP contribution in [0.15, 0.2) is 30.3 Å². The van der Waals surface area contributed by atoms with Gasteiger partial charge in [0.1, 0.15) is 0 Å². The summed E-state index contributed by atoms with van der Waals surface area (Å²) in [6.07, 6.45) is 1.61. The first-order valence-corrected chi connectivity index (χ1v) is 7.81. The highest BCUT2D eigenvalue weighted by molar-refractivity contribution is 5.51. The standard InChI is InChI=1S/C18H23NO5.ClH/c1-23-16-10-12(3-4-14(16)20)5-7-19-8-6-13-9-15(21)18(22)17(11-13)24-2;/h3-4,9-11,19-22H,5-8H2,1-2H3;1H. The molecule has 0 aromatic heterocycles. The van der Waals surface area contributed by atoms with E-state index in [4.69, 9.17) is 9.47 Å². The molecule has 0 bridgehead atoms. The number of hydrogen-bond acceptors (Lipinski definition) is 5. The Balaban J connectivity index is 0.00000312. The molecule has 6 nitrogen and oxygen atoms in total. The molecule has 0 heterocycles.